The normalized spacial score (nSPS) is 26.0. The second kappa shape index (κ2) is 9.55. The first-order chi connectivity index (χ1) is 20.2. The fraction of sp³-hybridized carbons (Fsp3) is 0.229. The number of alkyl halides is 2. The highest BCUT2D eigenvalue weighted by Crippen LogP contribution is 2.69. The maximum absolute atomic E-state index is 14.6. The van der Waals surface area contributed by atoms with Crippen molar-refractivity contribution in [3.8, 4) is 0 Å². The Bertz CT molecular complexity index is 1640. The Morgan fingerprint density at radius 3 is 1.60 bits per heavy atom. The summed E-state index contributed by atoms with van der Waals surface area (Å²) in [6.45, 7) is 3.83. The number of para-hydroxylation sites is 1. The number of aryl methyl sites for hydroxylation is 2. The lowest BCUT2D eigenvalue weighted by Crippen LogP contribution is -2.57. The second-order valence-electron chi connectivity index (χ2n) is 11.5. The molecule has 4 aliphatic rings. The molecular weight excluding hydrogens is 567 g/mol. The highest BCUT2D eigenvalue weighted by atomic mass is 35.5. The van der Waals surface area contributed by atoms with Crippen molar-refractivity contribution < 1.29 is 14.4 Å². The van der Waals surface area contributed by atoms with Crippen molar-refractivity contribution >= 4 is 46.6 Å². The smallest absolute Gasteiger partial charge is 0.248 e. The SMILES string of the molecule is Cc1cccc(C)c1NC(=O)[C@@H](Cc1ccccc1)N1C(=O)[C@@H]2[C@H](C1=O)C1(Cl)c3ccccc3C2(Cl)c2ccccc21. The number of likely N-dealkylation sites (tertiary alicyclic amines) is 1. The minimum Gasteiger partial charge on any atom is -0.324 e. The van der Waals surface area contributed by atoms with Gasteiger partial charge in [-0.25, -0.2) is 0 Å². The van der Waals surface area contributed by atoms with Crippen LogP contribution < -0.4 is 5.32 Å². The molecule has 3 amide bonds. The Hall–Kier alpha value is -3.93. The molecule has 4 aromatic rings. The molecule has 0 unspecified atom stereocenters. The first-order valence-corrected chi connectivity index (χ1v) is 14.8. The van der Waals surface area contributed by atoms with Crippen LogP contribution in [0.1, 0.15) is 38.9 Å². The molecule has 42 heavy (non-hydrogen) atoms. The van der Waals surface area contributed by atoms with Crippen molar-refractivity contribution in [1.29, 1.82) is 0 Å². The number of hydrogen-bond acceptors (Lipinski definition) is 3. The number of nitrogens with zero attached hydrogens (tertiary/aromatic N) is 1. The Labute approximate surface area is 254 Å². The van der Waals surface area contributed by atoms with Gasteiger partial charge in [0.1, 0.15) is 15.8 Å². The third-order valence-corrected chi connectivity index (χ3v) is 10.5. The molecule has 0 aromatic heterocycles. The number of halogens is 2. The van der Waals surface area contributed by atoms with Crippen molar-refractivity contribution in [2.75, 3.05) is 5.32 Å². The van der Waals surface area contributed by atoms with Gasteiger partial charge in [-0.2, -0.15) is 0 Å². The van der Waals surface area contributed by atoms with Gasteiger partial charge < -0.3 is 5.32 Å². The standard InChI is InChI=1S/C35H28Cl2N2O3/c1-20-11-10-12-21(2)30(20)38-31(40)27(19-22-13-4-3-5-14-22)39-32(41)28-29(33(39)42)35(37)24-16-7-6-15-23(24)34(28,36)25-17-8-9-18-26(25)35/h3-18,27-29H,19H2,1-2H3,(H,38,40)/t27-,28-,29+,34?,35?/m1/s1. The largest absolute Gasteiger partial charge is 0.324 e. The number of amides is 3. The number of imide groups is 1. The van der Waals surface area contributed by atoms with Gasteiger partial charge in [0.25, 0.3) is 0 Å². The molecule has 0 saturated carbocycles. The van der Waals surface area contributed by atoms with E-state index in [0.717, 1.165) is 43.8 Å². The lowest BCUT2D eigenvalue weighted by molar-refractivity contribution is -0.146. The molecule has 2 bridgehead atoms. The van der Waals surface area contributed by atoms with Crippen molar-refractivity contribution in [2.45, 2.75) is 36.1 Å². The van der Waals surface area contributed by atoms with Crippen molar-refractivity contribution in [2.24, 2.45) is 11.8 Å². The number of hydrogen-bond donors (Lipinski definition) is 1. The average molecular weight is 596 g/mol. The molecule has 1 N–H and O–H groups in total. The average Bonchev–Trinajstić information content (AvgIpc) is 3.27. The zero-order valence-electron chi connectivity index (χ0n) is 23.1. The zero-order chi connectivity index (χ0) is 29.4. The highest BCUT2D eigenvalue weighted by molar-refractivity contribution is 6.36. The maximum atomic E-state index is 14.6. The van der Waals surface area contributed by atoms with Crippen molar-refractivity contribution in [3.63, 3.8) is 0 Å². The molecule has 0 spiro atoms. The Balaban J connectivity index is 1.38. The fourth-order valence-electron chi connectivity index (χ4n) is 7.35. The van der Waals surface area contributed by atoms with Gasteiger partial charge in [-0.15, -0.1) is 23.2 Å². The summed E-state index contributed by atoms with van der Waals surface area (Å²) in [4.78, 5) is 41.9. The van der Waals surface area contributed by atoms with E-state index in [9.17, 15) is 14.4 Å². The van der Waals surface area contributed by atoms with E-state index in [1.165, 1.54) is 0 Å². The summed E-state index contributed by atoms with van der Waals surface area (Å²) in [5, 5.41) is 3.04. The van der Waals surface area contributed by atoms with Crippen molar-refractivity contribution in [3.05, 3.63) is 136 Å². The van der Waals surface area contributed by atoms with Crippen molar-refractivity contribution in [1.82, 2.24) is 4.90 Å². The van der Waals surface area contributed by atoms with Crippen LogP contribution in [0.4, 0.5) is 5.69 Å². The molecule has 4 aromatic carbocycles. The van der Waals surface area contributed by atoms with Crippen LogP contribution in [0.2, 0.25) is 0 Å². The van der Waals surface area contributed by atoms with E-state index in [0.29, 0.717) is 5.69 Å². The quantitative estimate of drug-likeness (QED) is 0.213. The summed E-state index contributed by atoms with van der Waals surface area (Å²) in [6.07, 6.45) is 0.152. The number of benzene rings is 4. The van der Waals surface area contributed by atoms with Gasteiger partial charge in [-0.05, 0) is 52.8 Å². The topological polar surface area (TPSA) is 66.5 Å². The van der Waals surface area contributed by atoms with Gasteiger partial charge in [0.05, 0.1) is 11.8 Å². The summed E-state index contributed by atoms with van der Waals surface area (Å²) < 4.78 is 0. The van der Waals surface area contributed by atoms with E-state index < -0.39 is 45.3 Å². The number of carbonyl (C=O) groups is 3. The van der Waals surface area contributed by atoms with Gasteiger partial charge in [-0.1, -0.05) is 97.1 Å². The third kappa shape index (κ3) is 3.53. The summed E-state index contributed by atoms with van der Waals surface area (Å²) >= 11 is 15.2. The molecule has 3 aliphatic carbocycles. The molecule has 3 atom stereocenters. The Morgan fingerprint density at radius 1 is 0.714 bits per heavy atom. The number of anilines is 1. The van der Waals surface area contributed by atoms with E-state index >= 15 is 0 Å². The van der Waals surface area contributed by atoms with Gasteiger partial charge in [0.2, 0.25) is 17.7 Å². The molecule has 210 valence electrons. The molecule has 1 fully saturated rings. The molecule has 5 nitrogen and oxygen atoms in total. The van der Waals surface area contributed by atoms with E-state index in [-0.39, 0.29) is 6.42 Å². The molecule has 8 rings (SSSR count). The van der Waals surface area contributed by atoms with Crippen LogP contribution in [0.15, 0.2) is 97.1 Å². The molecule has 0 radical (unpaired) electrons. The second-order valence-corrected chi connectivity index (χ2v) is 12.7. The van der Waals surface area contributed by atoms with Crippen LogP contribution in [0.25, 0.3) is 0 Å². The van der Waals surface area contributed by atoms with Gasteiger partial charge in [0.15, 0.2) is 0 Å². The Kier molecular flexibility index (Phi) is 6.12. The van der Waals surface area contributed by atoms with Crippen LogP contribution >= 0.6 is 23.2 Å². The predicted octanol–water partition coefficient (Wildman–Crippen LogP) is 6.45. The lowest BCUT2D eigenvalue weighted by Gasteiger charge is -2.54. The maximum Gasteiger partial charge on any atom is 0.248 e. The highest BCUT2D eigenvalue weighted by Gasteiger charge is 2.73. The van der Waals surface area contributed by atoms with Crippen LogP contribution in [-0.2, 0) is 30.6 Å². The van der Waals surface area contributed by atoms with E-state index in [1.54, 1.807) is 0 Å². The summed E-state index contributed by atoms with van der Waals surface area (Å²) in [7, 11) is 0. The Morgan fingerprint density at radius 2 is 1.14 bits per heavy atom. The van der Waals surface area contributed by atoms with E-state index in [2.05, 4.69) is 5.32 Å². The summed E-state index contributed by atoms with van der Waals surface area (Å²) in [6, 6.07) is 29.1. The first-order valence-electron chi connectivity index (χ1n) is 14.0. The molecule has 1 aliphatic heterocycles. The fourth-order valence-corrected chi connectivity index (χ4v) is 8.45. The first kappa shape index (κ1) is 26.9. The van der Waals surface area contributed by atoms with E-state index in [1.807, 2.05) is 111 Å². The van der Waals surface area contributed by atoms with Crippen LogP contribution in [0.3, 0.4) is 0 Å². The summed E-state index contributed by atoms with van der Waals surface area (Å²) in [5.41, 5.74) is 6.17. The number of nitrogens with one attached hydrogen (secondary N) is 1. The molecule has 1 heterocycles. The predicted molar refractivity (Wildman–Crippen MR) is 163 cm³/mol. The van der Waals surface area contributed by atoms with Crippen LogP contribution in [-0.4, -0.2) is 28.7 Å². The molecular formula is C35H28Cl2N2O3. The minimum atomic E-state index is -1.31. The minimum absolute atomic E-state index is 0.152. The summed E-state index contributed by atoms with van der Waals surface area (Å²) in [5.74, 6) is -3.34. The number of carbonyl (C=O) groups excluding carboxylic acids is 3. The lowest BCUT2D eigenvalue weighted by atomic mass is 9.54. The van der Waals surface area contributed by atoms with Crippen LogP contribution in [0, 0.1) is 25.7 Å². The van der Waals surface area contributed by atoms with Gasteiger partial charge in [0, 0.05) is 12.1 Å². The third-order valence-electron chi connectivity index (χ3n) is 9.23. The van der Waals surface area contributed by atoms with Gasteiger partial charge >= 0.3 is 0 Å². The monoisotopic (exact) mass is 594 g/mol. The molecule has 7 heteroatoms. The number of rotatable bonds is 5. The van der Waals surface area contributed by atoms with Gasteiger partial charge in [-0.3, -0.25) is 19.3 Å². The zero-order valence-corrected chi connectivity index (χ0v) is 24.6. The van der Waals surface area contributed by atoms with E-state index in [4.69, 9.17) is 23.2 Å². The van der Waals surface area contributed by atoms with Crippen LogP contribution in [0.5, 0.6) is 0 Å². The molecule has 1 saturated heterocycles.